The SMILES string of the molecule is CC(C)(C)C1(C)C=CC=CC1O. The molecule has 0 bridgehead atoms. The molecule has 0 aliphatic heterocycles. The highest BCUT2D eigenvalue weighted by molar-refractivity contribution is 5.22. The Kier molecular flexibility index (Phi) is 2.17. The number of rotatable bonds is 0. The van der Waals surface area contributed by atoms with E-state index in [1.165, 1.54) is 0 Å². The maximum Gasteiger partial charge on any atom is 0.0817 e. The van der Waals surface area contributed by atoms with E-state index < -0.39 is 0 Å². The van der Waals surface area contributed by atoms with E-state index >= 15 is 0 Å². The summed E-state index contributed by atoms with van der Waals surface area (Å²) in [5.41, 5.74) is -0.0462. The van der Waals surface area contributed by atoms with Crippen molar-refractivity contribution in [1.29, 1.82) is 0 Å². The highest BCUT2D eigenvalue weighted by Gasteiger charge is 2.40. The molecule has 0 saturated carbocycles. The molecule has 0 aromatic heterocycles. The summed E-state index contributed by atoms with van der Waals surface area (Å²) in [6.07, 6.45) is 7.50. The van der Waals surface area contributed by atoms with E-state index in [1.54, 1.807) is 0 Å². The van der Waals surface area contributed by atoms with Crippen LogP contribution in [-0.2, 0) is 0 Å². The van der Waals surface area contributed by atoms with Crippen LogP contribution in [0.3, 0.4) is 0 Å². The van der Waals surface area contributed by atoms with Crippen LogP contribution in [0.1, 0.15) is 27.7 Å². The second-order valence-electron chi connectivity index (χ2n) is 4.72. The van der Waals surface area contributed by atoms with Gasteiger partial charge in [0.15, 0.2) is 0 Å². The number of allylic oxidation sites excluding steroid dienone is 2. The van der Waals surface area contributed by atoms with Crippen molar-refractivity contribution in [2.24, 2.45) is 10.8 Å². The van der Waals surface area contributed by atoms with E-state index in [-0.39, 0.29) is 16.9 Å². The molecule has 2 unspecified atom stereocenters. The predicted molar refractivity (Wildman–Crippen MR) is 51.8 cm³/mol. The third-order valence-electron chi connectivity index (χ3n) is 3.08. The molecule has 1 rings (SSSR count). The van der Waals surface area contributed by atoms with Gasteiger partial charge in [-0.05, 0) is 5.41 Å². The van der Waals surface area contributed by atoms with Crippen molar-refractivity contribution in [3.05, 3.63) is 24.3 Å². The van der Waals surface area contributed by atoms with Gasteiger partial charge in [-0.1, -0.05) is 52.0 Å². The van der Waals surface area contributed by atoms with Gasteiger partial charge in [0.05, 0.1) is 6.10 Å². The van der Waals surface area contributed by atoms with Gasteiger partial charge in [-0.15, -0.1) is 0 Å². The lowest BCUT2D eigenvalue weighted by molar-refractivity contribution is 0.0252. The molecule has 1 aliphatic carbocycles. The number of hydrogen-bond donors (Lipinski definition) is 1. The smallest absolute Gasteiger partial charge is 0.0817 e. The lowest BCUT2D eigenvalue weighted by Crippen LogP contribution is -2.41. The zero-order chi connectivity index (χ0) is 9.41. The van der Waals surface area contributed by atoms with Crippen LogP contribution in [0, 0.1) is 10.8 Å². The molecule has 1 aliphatic rings. The average Bonchev–Trinajstić information content (AvgIpc) is 1.93. The van der Waals surface area contributed by atoms with Crippen LogP contribution in [0.4, 0.5) is 0 Å². The molecule has 0 heterocycles. The Morgan fingerprint density at radius 3 is 2.17 bits per heavy atom. The van der Waals surface area contributed by atoms with Crippen LogP contribution >= 0.6 is 0 Å². The summed E-state index contributed by atoms with van der Waals surface area (Å²) in [6.45, 7) is 8.55. The van der Waals surface area contributed by atoms with E-state index in [4.69, 9.17) is 0 Å². The fraction of sp³-hybridized carbons (Fsp3) is 0.636. The van der Waals surface area contributed by atoms with Crippen LogP contribution in [0.25, 0.3) is 0 Å². The quantitative estimate of drug-likeness (QED) is 0.586. The molecule has 68 valence electrons. The monoisotopic (exact) mass is 166 g/mol. The zero-order valence-electron chi connectivity index (χ0n) is 8.33. The summed E-state index contributed by atoms with van der Waals surface area (Å²) >= 11 is 0. The van der Waals surface area contributed by atoms with Crippen LogP contribution in [0.2, 0.25) is 0 Å². The van der Waals surface area contributed by atoms with E-state index in [0.29, 0.717) is 0 Å². The standard InChI is InChI=1S/C11H18O/c1-10(2,3)11(4)8-6-5-7-9(11)12/h5-9,12H,1-4H3. The Hall–Kier alpha value is -0.560. The second kappa shape index (κ2) is 2.74. The highest BCUT2D eigenvalue weighted by Crippen LogP contribution is 2.44. The molecule has 0 amide bonds. The Balaban J connectivity index is 2.99. The first-order chi connectivity index (χ1) is 5.38. The molecule has 0 saturated heterocycles. The van der Waals surface area contributed by atoms with Crippen molar-refractivity contribution in [3.8, 4) is 0 Å². The van der Waals surface area contributed by atoms with Gasteiger partial charge in [0.2, 0.25) is 0 Å². The lowest BCUT2D eigenvalue weighted by Gasteiger charge is -2.43. The minimum Gasteiger partial charge on any atom is -0.388 e. The molecule has 12 heavy (non-hydrogen) atoms. The molecule has 1 heteroatoms. The maximum absolute atomic E-state index is 9.83. The highest BCUT2D eigenvalue weighted by atomic mass is 16.3. The van der Waals surface area contributed by atoms with E-state index in [9.17, 15) is 5.11 Å². The first kappa shape index (κ1) is 9.53. The Morgan fingerprint density at radius 1 is 1.25 bits per heavy atom. The van der Waals surface area contributed by atoms with Gasteiger partial charge in [0, 0.05) is 5.41 Å². The lowest BCUT2D eigenvalue weighted by atomic mass is 9.63. The zero-order valence-corrected chi connectivity index (χ0v) is 8.33. The van der Waals surface area contributed by atoms with Gasteiger partial charge < -0.3 is 5.11 Å². The van der Waals surface area contributed by atoms with E-state index in [0.717, 1.165) is 0 Å². The van der Waals surface area contributed by atoms with Gasteiger partial charge >= 0.3 is 0 Å². The second-order valence-corrected chi connectivity index (χ2v) is 4.72. The van der Waals surface area contributed by atoms with E-state index in [2.05, 4.69) is 33.8 Å². The van der Waals surface area contributed by atoms with Crippen molar-refractivity contribution in [3.63, 3.8) is 0 Å². The topological polar surface area (TPSA) is 20.2 Å². The summed E-state index contributed by atoms with van der Waals surface area (Å²) in [5, 5.41) is 9.83. The summed E-state index contributed by atoms with van der Waals surface area (Å²) in [5.74, 6) is 0. The molecule has 0 spiro atoms. The van der Waals surface area contributed by atoms with Crippen molar-refractivity contribution >= 4 is 0 Å². The number of hydrogen-bond acceptors (Lipinski definition) is 1. The Bertz CT molecular complexity index is 220. The van der Waals surface area contributed by atoms with Crippen LogP contribution in [0.15, 0.2) is 24.3 Å². The predicted octanol–water partition coefficient (Wildman–Crippen LogP) is 2.53. The fourth-order valence-corrected chi connectivity index (χ4v) is 1.42. The molecular formula is C11H18O. The van der Waals surface area contributed by atoms with Crippen LogP contribution in [0.5, 0.6) is 0 Å². The van der Waals surface area contributed by atoms with Crippen molar-refractivity contribution in [1.82, 2.24) is 0 Å². The van der Waals surface area contributed by atoms with Gasteiger partial charge in [-0.3, -0.25) is 0 Å². The summed E-state index contributed by atoms with van der Waals surface area (Å²) in [6, 6.07) is 0. The Morgan fingerprint density at radius 2 is 1.83 bits per heavy atom. The molecule has 0 radical (unpaired) electrons. The third kappa shape index (κ3) is 1.34. The van der Waals surface area contributed by atoms with Crippen molar-refractivity contribution in [2.45, 2.75) is 33.8 Å². The fourth-order valence-electron chi connectivity index (χ4n) is 1.42. The molecule has 1 N–H and O–H groups in total. The van der Waals surface area contributed by atoms with Gasteiger partial charge in [0.1, 0.15) is 0 Å². The Labute approximate surface area is 74.8 Å². The first-order valence-corrected chi connectivity index (χ1v) is 4.42. The van der Waals surface area contributed by atoms with Gasteiger partial charge in [-0.25, -0.2) is 0 Å². The first-order valence-electron chi connectivity index (χ1n) is 4.42. The molecule has 0 fully saturated rings. The molecule has 0 aromatic rings. The normalized spacial score (nSPS) is 35.6. The van der Waals surface area contributed by atoms with E-state index in [1.807, 2.05) is 18.2 Å². The summed E-state index contributed by atoms with van der Waals surface area (Å²) in [4.78, 5) is 0. The molecular weight excluding hydrogens is 148 g/mol. The number of aliphatic hydroxyl groups is 1. The molecule has 0 aromatic carbocycles. The molecule has 1 nitrogen and oxygen atoms in total. The largest absolute Gasteiger partial charge is 0.388 e. The number of aliphatic hydroxyl groups excluding tert-OH is 1. The maximum atomic E-state index is 9.83. The summed E-state index contributed by atoms with van der Waals surface area (Å²) in [7, 11) is 0. The van der Waals surface area contributed by atoms with Crippen LogP contribution in [-0.4, -0.2) is 11.2 Å². The minimum atomic E-state index is -0.359. The third-order valence-corrected chi connectivity index (χ3v) is 3.08. The summed E-state index contributed by atoms with van der Waals surface area (Å²) < 4.78 is 0. The van der Waals surface area contributed by atoms with Crippen LogP contribution < -0.4 is 0 Å². The van der Waals surface area contributed by atoms with Gasteiger partial charge in [0.25, 0.3) is 0 Å². The average molecular weight is 166 g/mol. The van der Waals surface area contributed by atoms with Gasteiger partial charge in [-0.2, -0.15) is 0 Å². The van der Waals surface area contributed by atoms with Crippen molar-refractivity contribution < 1.29 is 5.11 Å². The minimum absolute atomic E-state index is 0.0909. The molecule has 2 atom stereocenters. The van der Waals surface area contributed by atoms with Crippen molar-refractivity contribution in [2.75, 3.05) is 0 Å².